The van der Waals surface area contributed by atoms with Gasteiger partial charge in [0.1, 0.15) is 5.82 Å². The van der Waals surface area contributed by atoms with Crippen LogP contribution in [0, 0.1) is 0 Å². The second kappa shape index (κ2) is 8.49. The van der Waals surface area contributed by atoms with Crippen LogP contribution in [0.3, 0.4) is 0 Å². The Bertz CT molecular complexity index is 506. The SMILES string of the molecule is CCNc1cc(S(=O)(=O)NC(C)CCSCC)ccn1. The highest BCUT2D eigenvalue weighted by molar-refractivity contribution is 7.99. The molecule has 7 heteroatoms. The summed E-state index contributed by atoms with van der Waals surface area (Å²) in [7, 11) is -3.48. The van der Waals surface area contributed by atoms with Crippen molar-refractivity contribution in [2.75, 3.05) is 23.4 Å². The molecule has 1 aromatic heterocycles. The highest BCUT2D eigenvalue weighted by Gasteiger charge is 2.17. The maximum Gasteiger partial charge on any atom is 0.240 e. The Morgan fingerprint density at radius 1 is 1.40 bits per heavy atom. The fourth-order valence-corrected chi connectivity index (χ4v) is 3.75. The molecule has 5 nitrogen and oxygen atoms in total. The zero-order valence-electron chi connectivity index (χ0n) is 12.2. The Kier molecular flexibility index (Phi) is 7.32. The van der Waals surface area contributed by atoms with Crippen LogP contribution < -0.4 is 10.0 Å². The largest absolute Gasteiger partial charge is 0.370 e. The zero-order chi connectivity index (χ0) is 15.0. The van der Waals surface area contributed by atoms with E-state index in [4.69, 9.17) is 0 Å². The molecule has 0 aliphatic carbocycles. The Labute approximate surface area is 126 Å². The monoisotopic (exact) mass is 317 g/mol. The molecule has 0 saturated heterocycles. The number of aromatic nitrogens is 1. The van der Waals surface area contributed by atoms with Crippen LogP contribution in [0.25, 0.3) is 0 Å². The molecular formula is C13H23N3O2S2. The van der Waals surface area contributed by atoms with Crippen LogP contribution in [-0.2, 0) is 10.0 Å². The normalized spacial score (nSPS) is 13.2. The smallest absolute Gasteiger partial charge is 0.240 e. The predicted octanol–water partition coefficient (Wildman–Crippen LogP) is 2.32. The molecule has 0 saturated carbocycles. The minimum absolute atomic E-state index is 0.0743. The number of hydrogen-bond donors (Lipinski definition) is 2. The molecule has 2 N–H and O–H groups in total. The molecule has 20 heavy (non-hydrogen) atoms. The second-order valence-corrected chi connectivity index (χ2v) is 7.52. The minimum atomic E-state index is -3.48. The van der Waals surface area contributed by atoms with E-state index >= 15 is 0 Å². The number of rotatable bonds is 9. The van der Waals surface area contributed by atoms with Crippen LogP contribution in [0.5, 0.6) is 0 Å². The van der Waals surface area contributed by atoms with Crippen LogP contribution in [0.15, 0.2) is 23.2 Å². The molecule has 0 aliphatic rings. The van der Waals surface area contributed by atoms with Crippen molar-refractivity contribution >= 4 is 27.6 Å². The summed E-state index contributed by atoms with van der Waals surface area (Å²) in [5.41, 5.74) is 0. The molecule has 0 bridgehead atoms. The highest BCUT2D eigenvalue weighted by Crippen LogP contribution is 2.14. The van der Waals surface area contributed by atoms with Crippen LogP contribution in [0.2, 0.25) is 0 Å². The van der Waals surface area contributed by atoms with Crippen molar-refractivity contribution in [1.29, 1.82) is 0 Å². The van der Waals surface area contributed by atoms with Gasteiger partial charge in [-0.15, -0.1) is 0 Å². The molecule has 1 unspecified atom stereocenters. The van der Waals surface area contributed by atoms with E-state index in [1.807, 2.05) is 25.6 Å². The Balaban J connectivity index is 2.70. The summed E-state index contributed by atoms with van der Waals surface area (Å²) in [6.07, 6.45) is 2.33. The van der Waals surface area contributed by atoms with Crippen molar-refractivity contribution in [2.24, 2.45) is 0 Å². The molecule has 0 aliphatic heterocycles. The van der Waals surface area contributed by atoms with Gasteiger partial charge in [-0.1, -0.05) is 6.92 Å². The van der Waals surface area contributed by atoms with Gasteiger partial charge >= 0.3 is 0 Å². The van der Waals surface area contributed by atoms with Crippen molar-refractivity contribution in [3.8, 4) is 0 Å². The van der Waals surface area contributed by atoms with Crippen LogP contribution in [-0.4, -0.2) is 37.5 Å². The summed E-state index contributed by atoms with van der Waals surface area (Å²) < 4.78 is 27.2. The second-order valence-electron chi connectivity index (χ2n) is 4.42. The average molecular weight is 317 g/mol. The standard InChI is InChI=1S/C13H23N3O2S2/c1-4-14-13-10-12(6-8-15-13)20(17,18)16-11(3)7-9-19-5-2/h6,8,10-11,16H,4-5,7,9H2,1-3H3,(H,14,15). The van der Waals surface area contributed by atoms with Crippen molar-refractivity contribution in [1.82, 2.24) is 9.71 Å². The van der Waals surface area contributed by atoms with Gasteiger partial charge in [0.25, 0.3) is 0 Å². The first-order valence-electron chi connectivity index (χ1n) is 6.79. The van der Waals surface area contributed by atoms with E-state index in [-0.39, 0.29) is 10.9 Å². The number of hydrogen-bond acceptors (Lipinski definition) is 5. The summed E-state index contributed by atoms with van der Waals surface area (Å²) in [5.74, 6) is 2.58. The lowest BCUT2D eigenvalue weighted by atomic mass is 10.3. The topological polar surface area (TPSA) is 71.1 Å². The maximum atomic E-state index is 12.3. The molecule has 0 aromatic carbocycles. The number of thioether (sulfide) groups is 1. The average Bonchev–Trinajstić information content (AvgIpc) is 2.39. The molecule has 1 rings (SSSR count). The molecular weight excluding hydrogens is 294 g/mol. The van der Waals surface area contributed by atoms with Crippen LogP contribution in [0.1, 0.15) is 27.2 Å². The third-order valence-corrected chi connectivity index (χ3v) is 5.18. The molecule has 114 valence electrons. The van der Waals surface area contributed by atoms with Crippen LogP contribution in [0.4, 0.5) is 5.82 Å². The fourth-order valence-electron chi connectivity index (χ4n) is 1.65. The minimum Gasteiger partial charge on any atom is -0.370 e. The molecule has 0 radical (unpaired) electrons. The number of nitrogens with one attached hydrogen (secondary N) is 2. The molecule has 1 aromatic rings. The fraction of sp³-hybridized carbons (Fsp3) is 0.615. The van der Waals surface area contributed by atoms with Gasteiger partial charge in [0.2, 0.25) is 10.0 Å². The predicted molar refractivity (Wildman–Crippen MR) is 85.8 cm³/mol. The van der Waals surface area contributed by atoms with E-state index in [2.05, 4.69) is 21.9 Å². The lowest BCUT2D eigenvalue weighted by Gasteiger charge is -2.14. The number of pyridine rings is 1. The number of sulfonamides is 1. The van der Waals surface area contributed by atoms with Crippen LogP contribution >= 0.6 is 11.8 Å². The highest BCUT2D eigenvalue weighted by atomic mass is 32.2. The van der Waals surface area contributed by atoms with Gasteiger partial charge in [0.05, 0.1) is 4.90 Å². The van der Waals surface area contributed by atoms with E-state index in [9.17, 15) is 8.42 Å². The first kappa shape index (κ1) is 17.3. The summed E-state index contributed by atoms with van der Waals surface area (Å²) in [6, 6.07) is 2.99. The van der Waals surface area contributed by atoms with Gasteiger partial charge in [-0.25, -0.2) is 18.1 Å². The molecule has 1 atom stereocenters. The third kappa shape index (κ3) is 5.68. The summed E-state index contributed by atoms with van der Waals surface area (Å²) >= 11 is 1.81. The maximum absolute atomic E-state index is 12.3. The van der Waals surface area contributed by atoms with E-state index in [1.165, 1.54) is 12.3 Å². The van der Waals surface area contributed by atoms with Crippen molar-refractivity contribution < 1.29 is 8.42 Å². The Hall–Kier alpha value is -0.790. The summed E-state index contributed by atoms with van der Waals surface area (Å²) in [5, 5.41) is 3.01. The van der Waals surface area contributed by atoms with E-state index in [1.54, 1.807) is 6.07 Å². The van der Waals surface area contributed by atoms with Gasteiger partial charge in [0, 0.05) is 24.8 Å². The van der Waals surface area contributed by atoms with Gasteiger partial charge in [0.15, 0.2) is 0 Å². The summed E-state index contributed by atoms with van der Waals surface area (Å²) in [4.78, 5) is 4.32. The zero-order valence-corrected chi connectivity index (χ0v) is 13.9. The summed E-state index contributed by atoms with van der Waals surface area (Å²) in [6.45, 7) is 6.63. The Morgan fingerprint density at radius 2 is 2.15 bits per heavy atom. The van der Waals surface area contributed by atoms with Gasteiger partial charge < -0.3 is 5.32 Å². The lowest BCUT2D eigenvalue weighted by molar-refractivity contribution is 0.557. The molecule has 0 amide bonds. The lowest BCUT2D eigenvalue weighted by Crippen LogP contribution is -2.33. The first-order valence-corrected chi connectivity index (χ1v) is 9.43. The van der Waals surface area contributed by atoms with Gasteiger partial charge in [-0.05, 0) is 37.8 Å². The van der Waals surface area contributed by atoms with E-state index < -0.39 is 10.0 Å². The van der Waals surface area contributed by atoms with Gasteiger partial charge in [-0.2, -0.15) is 11.8 Å². The first-order chi connectivity index (χ1) is 9.49. The Morgan fingerprint density at radius 3 is 2.80 bits per heavy atom. The molecule has 1 heterocycles. The van der Waals surface area contributed by atoms with Crippen molar-refractivity contribution in [3.05, 3.63) is 18.3 Å². The molecule has 0 spiro atoms. The van der Waals surface area contributed by atoms with E-state index in [0.29, 0.717) is 12.4 Å². The third-order valence-electron chi connectivity index (χ3n) is 2.66. The van der Waals surface area contributed by atoms with E-state index in [0.717, 1.165) is 17.9 Å². The van der Waals surface area contributed by atoms with Gasteiger partial charge in [-0.3, -0.25) is 0 Å². The van der Waals surface area contributed by atoms with Crippen molar-refractivity contribution in [3.63, 3.8) is 0 Å². The number of nitrogens with zero attached hydrogens (tertiary/aromatic N) is 1. The number of anilines is 1. The quantitative estimate of drug-likeness (QED) is 0.684. The van der Waals surface area contributed by atoms with Crippen molar-refractivity contribution in [2.45, 2.75) is 38.1 Å². The molecule has 0 fully saturated rings.